The number of rotatable bonds is 24. The van der Waals surface area contributed by atoms with Crippen molar-refractivity contribution in [1.29, 1.82) is 0 Å². The molecule has 6 aromatic heterocycles. The molecule has 3 aliphatic rings. The Labute approximate surface area is 613 Å². The van der Waals surface area contributed by atoms with Crippen LogP contribution in [0.15, 0.2) is 112 Å². The monoisotopic (exact) mass is 1460 g/mol. The van der Waals surface area contributed by atoms with Crippen molar-refractivity contribution >= 4 is 80.4 Å². The summed E-state index contributed by atoms with van der Waals surface area (Å²) in [4.78, 5) is 118. The molecule has 540 valence electrons. The van der Waals surface area contributed by atoms with Crippen molar-refractivity contribution in [3.8, 4) is 31.3 Å². The van der Waals surface area contributed by atoms with Crippen molar-refractivity contribution in [2.75, 3.05) is 19.6 Å². The maximum Gasteiger partial charge on any atom is 0.236 e. The number of benzene rings is 3. The number of carbonyl (C=O) groups excluding carboxylic acids is 6. The highest BCUT2D eigenvalue weighted by molar-refractivity contribution is 7.14. The minimum absolute atomic E-state index is 0.00473. The highest BCUT2D eigenvalue weighted by Gasteiger charge is 2.46. The quantitative estimate of drug-likeness (QED) is 0.0437. The van der Waals surface area contributed by atoms with Gasteiger partial charge < -0.3 is 39.4 Å². The van der Waals surface area contributed by atoms with E-state index in [-0.39, 0.29) is 85.3 Å². The number of aliphatic hydroxyl groups is 3. The van der Waals surface area contributed by atoms with Crippen LogP contribution < -0.4 is 0 Å². The Morgan fingerprint density at radius 1 is 0.471 bits per heavy atom. The molecule has 3 fully saturated rings. The fourth-order valence-corrected chi connectivity index (χ4v) is 17.3. The van der Waals surface area contributed by atoms with E-state index in [0.29, 0.717) is 62.4 Å². The topological polar surface area (TPSA) is 279 Å². The number of oxazole rings is 1. The van der Waals surface area contributed by atoms with Crippen molar-refractivity contribution < 1.29 is 48.5 Å². The van der Waals surface area contributed by atoms with E-state index in [4.69, 9.17) is 4.42 Å². The van der Waals surface area contributed by atoms with Crippen molar-refractivity contribution in [2.24, 2.45) is 17.8 Å². The van der Waals surface area contributed by atoms with Gasteiger partial charge in [-0.3, -0.25) is 28.8 Å². The smallest absolute Gasteiger partial charge is 0.236 e. The first-order valence-electron chi connectivity index (χ1n) is 35.1. The molecule has 0 radical (unpaired) electrons. The van der Waals surface area contributed by atoms with Gasteiger partial charge in [-0.05, 0) is 112 Å². The lowest BCUT2D eigenvalue weighted by atomic mass is 9.92. The summed E-state index contributed by atoms with van der Waals surface area (Å²) in [5, 5.41) is 31.7. The summed E-state index contributed by atoms with van der Waals surface area (Å²) in [6, 6.07) is 22.8. The lowest BCUT2D eigenvalue weighted by Crippen LogP contribution is -2.44. The molecule has 3 aromatic carbocycles. The second-order valence-electron chi connectivity index (χ2n) is 28.2. The summed E-state index contributed by atoms with van der Waals surface area (Å²) in [6.45, 7) is 24.0. The number of likely N-dealkylation sites (tertiary alicyclic amines) is 3. The average molecular weight is 1460 g/mol. The molecule has 9 atom stereocenters. The molecule has 9 heterocycles. The minimum atomic E-state index is -0.709. The van der Waals surface area contributed by atoms with Gasteiger partial charge in [0.15, 0.2) is 17.3 Å². The van der Waals surface area contributed by atoms with Crippen LogP contribution >= 0.6 is 45.3 Å². The highest BCUT2D eigenvalue weighted by atomic mass is 32.1. The summed E-state index contributed by atoms with van der Waals surface area (Å²) in [6.07, 6.45) is 6.63. The number of aromatic nitrogens is 7. The first-order valence-corrected chi connectivity index (χ1v) is 38.6. The second kappa shape index (κ2) is 34.5. The number of Topliss-reactive ketones (excluding diaryl/α,β-unsaturated/α-hetero) is 3. The standard InChI is InChI=1S/C26H32N4O3S.C26H31N3O4S.C26H31N3O3S2/c1-15(2)23(25-27-12-16(3)29-25)26(33)30-13-20(31)11-21(30)22(32)10-7-18-5-8-19(9-6-18)24-17(4)28-14-34-24;1-15(2)23(25-27-12-16(3)33-25)26(32)29-13-20(30)11-21(29)22(31)10-7-18-5-8-19(9-6-18)24-17(4)28-14-34-24;1-15(2)23(25-27-12-16(3)34-25)26(32)29-13-20(30)11-21(29)22(31)10-7-18-5-8-19(9-6-18)24-17(4)28-14-33-24/h5-6,8-9,12,14-15,20-21,23,31H,7,10-11,13H2,1-4H3,(H,27,29);2*5-6,8-9,12,14-15,20-21,23,30H,7,10-11,13H2,1-4H3/t3*20-,21+,23-/m111/s1. The van der Waals surface area contributed by atoms with Crippen LogP contribution in [0.4, 0.5) is 0 Å². The first-order chi connectivity index (χ1) is 48.7. The zero-order valence-electron chi connectivity index (χ0n) is 60.2. The van der Waals surface area contributed by atoms with E-state index < -0.39 is 54.2 Å². The molecule has 3 saturated heterocycles. The van der Waals surface area contributed by atoms with Crippen LogP contribution in [0.2, 0.25) is 0 Å². The predicted molar refractivity (Wildman–Crippen MR) is 399 cm³/mol. The summed E-state index contributed by atoms with van der Waals surface area (Å²) >= 11 is 6.37. The number of aryl methyl sites for hydroxylation is 9. The molecule has 0 aliphatic carbocycles. The Morgan fingerprint density at radius 3 is 1.13 bits per heavy atom. The van der Waals surface area contributed by atoms with Gasteiger partial charge in [-0.25, -0.2) is 29.9 Å². The maximum atomic E-state index is 13.5. The number of hydrogen-bond donors (Lipinski definition) is 4. The Hall–Kier alpha value is -8.10. The van der Waals surface area contributed by atoms with Crippen LogP contribution in [-0.4, -0.2) is 156 Å². The number of hydrogen-bond acceptors (Lipinski definition) is 20. The van der Waals surface area contributed by atoms with E-state index in [0.717, 1.165) is 80.7 Å². The molecule has 4 N–H and O–H groups in total. The minimum Gasteiger partial charge on any atom is -0.445 e. The molecule has 9 aromatic rings. The van der Waals surface area contributed by atoms with Crippen LogP contribution in [0, 0.1) is 59.3 Å². The van der Waals surface area contributed by atoms with Crippen LogP contribution in [0.25, 0.3) is 31.3 Å². The van der Waals surface area contributed by atoms with Crippen LogP contribution in [0.3, 0.4) is 0 Å². The average Bonchev–Trinajstić information content (AvgIpc) is 1.66. The molecule has 20 nitrogen and oxygen atoms in total. The molecule has 24 heteroatoms. The van der Waals surface area contributed by atoms with Crippen LogP contribution in [0.1, 0.15) is 165 Å². The summed E-state index contributed by atoms with van der Waals surface area (Å²) in [7, 11) is 0. The molecular formula is C78H94N10O10S4. The Bertz CT molecular complexity index is 3890. The van der Waals surface area contributed by atoms with Gasteiger partial charge in [-0.15, -0.1) is 45.3 Å². The number of H-pyrrole nitrogens is 1. The van der Waals surface area contributed by atoms with Gasteiger partial charge in [-0.1, -0.05) is 114 Å². The Balaban J connectivity index is 0.000000165. The molecule has 3 aliphatic heterocycles. The SMILES string of the molecule is Cc1cnc([C@H](C(=O)N2C[C@H](O)C[C@H]2C(=O)CCc2ccc(-c3scnc3C)cc2)C(C)C)[nH]1.Cc1cnc([C@H](C(=O)N2C[C@H](O)C[C@H]2C(=O)CCc2ccc(-c3scnc3C)cc2)C(C)C)o1.Cc1cnc([C@H](C(=O)N2C[C@H](O)C[C@H]2C(=O)CCc2ccc(-c3scnc3C)cc2)C(C)C)s1. The number of β-amino-alcohol motifs (C(OH)–C–C–N with tert-alkyl or cyclic N) is 3. The fourth-order valence-electron chi connectivity index (χ4n) is 13.8. The normalized spacial score (nSPS) is 19.1. The van der Waals surface area contributed by atoms with Gasteiger partial charge in [0.2, 0.25) is 23.6 Å². The largest absolute Gasteiger partial charge is 0.445 e. The van der Waals surface area contributed by atoms with E-state index >= 15 is 0 Å². The lowest BCUT2D eigenvalue weighted by molar-refractivity contribution is -0.140. The number of aromatic amines is 1. The molecule has 12 rings (SSSR count). The summed E-state index contributed by atoms with van der Waals surface area (Å²) in [5.74, 6) is -0.353. The summed E-state index contributed by atoms with van der Waals surface area (Å²) in [5.41, 5.74) is 16.0. The van der Waals surface area contributed by atoms with E-state index in [1.807, 2.05) is 129 Å². The maximum absolute atomic E-state index is 13.5. The Morgan fingerprint density at radius 2 is 0.833 bits per heavy atom. The van der Waals surface area contributed by atoms with Crippen molar-refractivity contribution in [3.05, 3.63) is 175 Å². The Kier molecular flexibility index (Phi) is 25.9. The van der Waals surface area contributed by atoms with Gasteiger partial charge in [0.05, 0.1) is 103 Å². The number of imidazole rings is 1. The number of nitrogens with zero attached hydrogens (tertiary/aromatic N) is 9. The molecule has 3 amide bonds. The number of nitrogens with one attached hydrogen (secondary N) is 1. The third kappa shape index (κ3) is 18.6. The second-order valence-corrected chi connectivity index (χ2v) is 32.0. The van der Waals surface area contributed by atoms with Crippen LogP contribution in [-0.2, 0) is 48.0 Å². The van der Waals surface area contributed by atoms with Gasteiger partial charge >= 0.3 is 0 Å². The predicted octanol–water partition coefficient (Wildman–Crippen LogP) is 13.2. The highest BCUT2D eigenvalue weighted by Crippen LogP contribution is 2.37. The number of aliphatic hydroxyl groups excluding tert-OH is 3. The fraction of sp³-hybridized carbons (Fsp3) is 0.462. The number of ketones is 3. The van der Waals surface area contributed by atoms with Crippen molar-refractivity contribution in [1.82, 2.24) is 49.6 Å². The van der Waals surface area contributed by atoms with Gasteiger partial charge in [0, 0.05) is 81.1 Å². The van der Waals surface area contributed by atoms with E-state index in [1.54, 1.807) is 69.3 Å². The number of amides is 3. The van der Waals surface area contributed by atoms with Crippen LogP contribution in [0.5, 0.6) is 0 Å². The van der Waals surface area contributed by atoms with E-state index in [1.165, 1.54) is 16.2 Å². The molecular weight excluding hydrogens is 1370 g/mol. The first kappa shape index (κ1) is 76.5. The molecule has 0 bridgehead atoms. The third-order valence-electron chi connectivity index (χ3n) is 19.3. The zero-order valence-corrected chi connectivity index (χ0v) is 63.4. The molecule has 0 spiro atoms. The third-order valence-corrected chi connectivity index (χ3v) is 23.2. The number of carbonyl (C=O) groups is 6. The van der Waals surface area contributed by atoms with Gasteiger partial charge in [0.1, 0.15) is 22.5 Å². The van der Waals surface area contributed by atoms with E-state index in [2.05, 4.69) is 71.3 Å². The zero-order chi connectivity index (χ0) is 73.2. The van der Waals surface area contributed by atoms with Crippen molar-refractivity contribution in [2.45, 2.75) is 195 Å². The van der Waals surface area contributed by atoms with Crippen molar-refractivity contribution in [3.63, 3.8) is 0 Å². The van der Waals surface area contributed by atoms with Gasteiger partial charge in [-0.2, -0.15) is 0 Å². The molecule has 0 saturated carbocycles. The lowest BCUT2D eigenvalue weighted by Gasteiger charge is -2.29. The number of thiazole rings is 4. The summed E-state index contributed by atoms with van der Waals surface area (Å²) < 4.78 is 5.65. The van der Waals surface area contributed by atoms with Gasteiger partial charge in [0.25, 0.3) is 0 Å². The molecule has 102 heavy (non-hydrogen) atoms. The van der Waals surface area contributed by atoms with E-state index in [9.17, 15) is 44.1 Å². The molecule has 0 unspecified atom stereocenters.